The molecule has 0 radical (unpaired) electrons. The number of amides is 2. The molecule has 2 unspecified atom stereocenters. The molecule has 2 N–H and O–H groups in total. The highest BCUT2D eigenvalue weighted by Gasteiger charge is 2.31. The minimum Gasteiger partial charge on any atom is -0.367 e. The van der Waals surface area contributed by atoms with Gasteiger partial charge in [0.15, 0.2) is 6.10 Å². The second-order valence-electron chi connectivity index (χ2n) is 7.32. The summed E-state index contributed by atoms with van der Waals surface area (Å²) in [6.45, 7) is 7.73. The minimum absolute atomic E-state index is 0.0856. The van der Waals surface area contributed by atoms with Crippen molar-refractivity contribution in [2.45, 2.75) is 25.7 Å². The fourth-order valence-electron chi connectivity index (χ4n) is 3.47. The molecule has 7 heteroatoms. The SMILES string of the molecule is CC1CN(C(=O)c2ccc(CN3CCN(C)CC3)cc2)CC(C(N)=O)O1. The van der Waals surface area contributed by atoms with Gasteiger partial charge < -0.3 is 20.3 Å². The van der Waals surface area contributed by atoms with Gasteiger partial charge in [0.1, 0.15) is 0 Å². The second kappa shape index (κ2) is 8.16. The molecule has 0 spiro atoms. The Bertz CT molecular complexity index is 641. The summed E-state index contributed by atoms with van der Waals surface area (Å²) < 4.78 is 5.50. The Labute approximate surface area is 154 Å². The van der Waals surface area contributed by atoms with Crippen LogP contribution in [0.5, 0.6) is 0 Å². The van der Waals surface area contributed by atoms with Gasteiger partial charge in [-0.15, -0.1) is 0 Å². The molecule has 1 aromatic carbocycles. The summed E-state index contributed by atoms with van der Waals surface area (Å²) in [5.41, 5.74) is 7.17. The van der Waals surface area contributed by atoms with Crippen LogP contribution in [0.4, 0.5) is 0 Å². The van der Waals surface area contributed by atoms with Gasteiger partial charge in [-0.2, -0.15) is 0 Å². The van der Waals surface area contributed by atoms with Gasteiger partial charge in [-0.1, -0.05) is 12.1 Å². The summed E-state index contributed by atoms with van der Waals surface area (Å²) in [6.07, 6.45) is -0.944. The zero-order chi connectivity index (χ0) is 18.7. The van der Waals surface area contributed by atoms with E-state index in [0.717, 1.165) is 32.7 Å². The summed E-state index contributed by atoms with van der Waals surface area (Å²) in [7, 11) is 2.15. The van der Waals surface area contributed by atoms with Crippen molar-refractivity contribution >= 4 is 11.8 Å². The van der Waals surface area contributed by atoms with Crippen LogP contribution < -0.4 is 5.73 Å². The summed E-state index contributed by atoms with van der Waals surface area (Å²) >= 11 is 0. The first-order valence-electron chi connectivity index (χ1n) is 9.16. The van der Waals surface area contributed by atoms with Crippen molar-refractivity contribution in [2.75, 3.05) is 46.3 Å². The Morgan fingerprint density at radius 1 is 1.12 bits per heavy atom. The van der Waals surface area contributed by atoms with E-state index in [1.54, 1.807) is 4.90 Å². The molecule has 7 nitrogen and oxygen atoms in total. The van der Waals surface area contributed by atoms with Crippen LogP contribution in [0.2, 0.25) is 0 Å². The molecule has 2 aliphatic rings. The number of likely N-dealkylation sites (N-methyl/N-ethyl adjacent to an activating group) is 1. The zero-order valence-electron chi connectivity index (χ0n) is 15.6. The number of rotatable bonds is 4. The fraction of sp³-hybridized carbons (Fsp3) is 0.579. The number of ether oxygens (including phenoxy) is 1. The molecule has 0 aromatic heterocycles. The maximum Gasteiger partial charge on any atom is 0.254 e. The molecular weight excluding hydrogens is 332 g/mol. The van der Waals surface area contributed by atoms with Crippen LogP contribution >= 0.6 is 0 Å². The number of carbonyl (C=O) groups excluding carboxylic acids is 2. The number of nitrogens with two attached hydrogens (primary N) is 1. The van der Waals surface area contributed by atoms with Gasteiger partial charge >= 0.3 is 0 Å². The third-order valence-electron chi connectivity index (χ3n) is 5.07. The standard InChI is InChI=1S/C19H28N4O3/c1-14-11-23(13-17(26-14)18(20)24)19(25)16-5-3-15(4-6-16)12-22-9-7-21(2)8-10-22/h3-6,14,17H,7-13H2,1-2H3,(H2,20,24). The predicted molar refractivity (Wildman–Crippen MR) is 98.6 cm³/mol. The Hall–Kier alpha value is -1.96. The van der Waals surface area contributed by atoms with E-state index in [4.69, 9.17) is 10.5 Å². The highest BCUT2D eigenvalue weighted by molar-refractivity contribution is 5.94. The zero-order valence-corrected chi connectivity index (χ0v) is 15.6. The van der Waals surface area contributed by atoms with Crippen LogP contribution in [0.1, 0.15) is 22.8 Å². The smallest absolute Gasteiger partial charge is 0.254 e. The van der Waals surface area contributed by atoms with Crippen molar-refractivity contribution in [1.29, 1.82) is 0 Å². The predicted octanol–water partition coefficient (Wildman–Crippen LogP) is 0.149. The quantitative estimate of drug-likeness (QED) is 0.827. The fourth-order valence-corrected chi connectivity index (χ4v) is 3.47. The van der Waals surface area contributed by atoms with Crippen LogP contribution in [0.3, 0.4) is 0 Å². The van der Waals surface area contributed by atoms with E-state index in [2.05, 4.69) is 16.8 Å². The second-order valence-corrected chi connectivity index (χ2v) is 7.32. The summed E-state index contributed by atoms with van der Waals surface area (Å²) in [5, 5.41) is 0. The Morgan fingerprint density at radius 2 is 1.77 bits per heavy atom. The molecule has 2 heterocycles. The lowest BCUT2D eigenvalue weighted by Gasteiger charge is -2.35. The van der Waals surface area contributed by atoms with E-state index in [1.807, 2.05) is 31.2 Å². The third kappa shape index (κ3) is 4.60. The van der Waals surface area contributed by atoms with Crippen LogP contribution in [0, 0.1) is 0 Å². The van der Waals surface area contributed by atoms with Gasteiger partial charge in [0, 0.05) is 44.8 Å². The van der Waals surface area contributed by atoms with Crippen molar-refractivity contribution in [2.24, 2.45) is 5.73 Å². The van der Waals surface area contributed by atoms with Crippen molar-refractivity contribution in [1.82, 2.24) is 14.7 Å². The minimum atomic E-state index is -0.737. The molecule has 3 rings (SSSR count). The van der Waals surface area contributed by atoms with Gasteiger partial charge in [-0.25, -0.2) is 0 Å². The van der Waals surface area contributed by atoms with Gasteiger partial charge in [0.05, 0.1) is 12.6 Å². The number of hydrogen-bond donors (Lipinski definition) is 1. The maximum atomic E-state index is 12.8. The number of piperazine rings is 1. The number of morpholine rings is 1. The van der Waals surface area contributed by atoms with Crippen LogP contribution in [-0.4, -0.2) is 85.0 Å². The topological polar surface area (TPSA) is 79.1 Å². The van der Waals surface area contributed by atoms with Gasteiger partial charge in [0.25, 0.3) is 5.91 Å². The molecule has 2 atom stereocenters. The Balaban J connectivity index is 1.60. The van der Waals surface area contributed by atoms with Crippen molar-refractivity contribution in [3.05, 3.63) is 35.4 Å². The number of hydrogen-bond acceptors (Lipinski definition) is 5. The molecule has 0 aliphatic carbocycles. The number of carbonyl (C=O) groups is 2. The molecule has 2 aliphatic heterocycles. The van der Waals surface area contributed by atoms with E-state index in [0.29, 0.717) is 12.1 Å². The van der Waals surface area contributed by atoms with Crippen molar-refractivity contribution in [3.8, 4) is 0 Å². The van der Waals surface area contributed by atoms with Crippen molar-refractivity contribution < 1.29 is 14.3 Å². The van der Waals surface area contributed by atoms with E-state index in [1.165, 1.54) is 5.56 Å². The lowest BCUT2D eigenvalue weighted by atomic mass is 10.1. The third-order valence-corrected chi connectivity index (χ3v) is 5.07. The van der Waals surface area contributed by atoms with Gasteiger partial charge in [0.2, 0.25) is 5.91 Å². The van der Waals surface area contributed by atoms with Crippen LogP contribution in [0.15, 0.2) is 24.3 Å². The van der Waals surface area contributed by atoms with Gasteiger partial charge in [-0.05, 0) is 31.7 Å². The number of benzene rings is 1. The van der Waals surface area contributed by atoms with Crippen LogP contribution in [-0.2, 0) is 16.1 Å². The lowest BCUT2D eigenvalue weighted by Crippen LogP contribution is -2.53. The molecule has 2 fully saturated rings. The first-order valence-corrected chi connectivity index (χ1v) is 9.16. The largest absolute Gasteiger partial charge is 0.367 e. The molecule has 2 saturated heterocycles. The van der Waals surface area contributed by atoms with Crippen LogP contribution in [0.25, 0.3) is 0 Å². The van der Waals surface area contributed by atoms with E-state index >= 15 is 0 Å². The molecular formula is C19H28N4O3. The summed E-state index contributed by atoms with van der Waals surface area (Å²) in [5.74, 6) is -0.616. The first-order chi connectivity index (χ1) is 12.4. The van der Waals surface area contributed by atoms with E-state index in [-0.39, 0.29) is 18.6 Å². The van der Waals surface area contributed by atoms with E-state index < -0.39 is 12.0 Å². The number of primary amides is 1. The summed E-state index contributed by atoms with van der Waals surface area (Å²) in [4.78, 5) is 30.6. The highest BCUT2D eigenvalue weighted by Crippen LogP contribution is 2.16. The highest BCUT2D eigenvalue weighted by atomic mass is 16.5. The Morgan fingerprint density at radius 3 is 2.38 bits per heavy atom. The molecule has 142 valence electrons. The van der Waals surface area contributed by atoms with Crippen molar-refractivity contribution in [3.63, 3.8) is 0 Å². The molecule has 0 bridgehead atoms. The first kappa shape index (κ1) is 18.8. The number of nitrogens with zero attached hydrogens (tertiary/aromatic N) is 3. The average Bonchev–Trinajstić information content (AvgIpc) is 2.63. The van der Waals surface area contributed by atoms with Gasteiger partial charge in [-0.3, -0.25) is 14.5 Å². The molecule has 26 heavy (non-hydrogen) atoms. The normalized spacial score (nSPS) is 25.2. The monoisotopic (exact) mass is 360 g/mol. The average molecular weight is 360 g/mol. The lowest BCUT2D eigenvalue weighted by molar-refractivity contribution is -0.140. The van der Waals surface area contributed by atoms with E-state index in [9.17, 15) is 9.59 Å². The molecule has 1 aromatic rings. The molecule has 0 saturated carbocycles. The molecule has 2 amide bonds. The maximum absolute atomic E-state index is 12.8. The Kier molecular flexibility index (Phi) is 5.90. The summed E-state index contributed by atoms with van der Waals surface area (Å²) in [6, 6.07) is 7.77.